The molecule has 0 radical (unpaired) electrons. The molecule has 0 aromatic carbocycles. The van der Waals surface area contributed by atoms with Crippen LogP contribution in [0, 0.1) is 5.92 Å². The summed E-state index contributed by atoms with van der Waals surface area (Å²) in [5, 5.41) is 0. The summed E-state index contributed by atoms with van der Waals surface area (Å²) in [5.74, 6) is 1.21. The monoisotopic (exact) mass is 314 g/mol. The first-order valence-electron chi connectivity index (χ1n) is 8.95. The minimum Gasteiger partial charge on any atom is -0.394 e. The van der Waals surface area contributed by atoms with E-state index in [1.54, 1.807) is 0 Å². The quantitative estimate of drug-likeness (QED) is 0.512. The molecular weight excluding hydrogens is 280 g/mol. The fourth-order valence-corrected chi connectivity index (χ4v) is 6.12. The molecule has 0 saturated heterocycles. The minimum absolute atomic E-state index is 0.459. The van der Waals surface area contributed by atoms with Gasteiger partial charge in [-0.25, -0.2) is 0 Å². The van der Waals surface area contributed by atoms with Crippen LogP contribution in [0.15, 0.2) is 0 Å². The lowest BCUT2D eigenvalue weighted by Crippen LogP contribution is -2.42. The fourth-order valence-electron chi connectivity index (χ4n) is 3.09. The van der Waals surface area contributed by atoms with E-state index in [1.807, 2.05) is 0 Å². The van der Waals surface area contributed by atoms with Crippen LogP contribution in [0.4, 0.5) is 0 Å². The van der Waals surface area contributed by atoms with Crippen LogP contribution in [0.3, 0.4) is 0 Å². The highest BCUT2D eigenvalue weighted by Crippen LogP contribution is 2.29. The van der Waals surface area contributed by atoms with Crippen molar-refractivity contribution in [3.8, 4) is 0 Å². The molecule has 0 aromatic rings. The molecule has 0 heterocycles. The minimum atomic E-state index is -1.98. The largest absolute Gasteiger partial charge is 0.394 e. The van der Waals surface area contributed by atoms with Gasteiger partial charge in [-0.2, -0.15) is 0 Å². The zero-order chi connectivity index (χ0) is 15.6. The molecule has 0 amide bonds. The Kier molecular flexibility index (Phi) is 9.44. The van der Waals surface area contributed by atoms with E-state index in [0.29, 0.717) is 5.78 Å². The first kappa shape index (κ1) is 18.9. The van der Waals surface area contributed by atoms with Crippen LogP contribution in [0.25, 0.3) is 0 Å². The van der Waals surface area contributed by atoms with E-state index < -0.39 is 8.56 Å². The standard InChI is InChI=1S/C17H34O3Si/c1-4-13-19-21(6-3,20-14-5-2)15-7-8-16-9-11-17(18)12-10-16/h16H,4-15H2,1-3H3. The number of Topliss-reactive ketones (excluding diaryl/α,β-unsaturated/α-hetero) is 1. The van der Waals surface area contributed by atoms with Crippen molar-refractivity contribution in [2.24, 2.45) is 5.92 Å². The van der Waals surface area contributed by atoms with Gasteiger partial charge in [-0.15, -0.1) is 0 Å². The van der Waals surface area contributed by atoms with Crippen molar-refractivity contribution in [1.82, 2.24) is 0 Å². The Balaban J connectivity index is 2.38. The molecule has 0 N–H and O–H groups in total. The summed E-state index contributed by atoms with van der Waals surface area (Å²) in [5.41, 5.74) is 0. The summed E-state index contributed by atoms with van der Waals surface area (Å²) in [6.45, 7) is 8.21. The maximum Gasteiger partial charge on any atom is 0.337 e. The number of carbonyl (C=O) groups excluding carboxylic acids is 1. The molecule has 0 atom stereocenters. The molecule has 3 nitrogen and oxygen atoms in total. The van der Waals surface area contributed by atoms with Gasteiger partial charge in [0.1, 0.15) is 5.78 Å². The Morgan fingerprint density at radius 2 is 1.62 bits per heavy atom. The highest BCUT2D eigenvalue weighted by molar-refractivity contribution is 6.67. The van der Waals surface area contributed by atoms with Crippen molar-refractivity contribution in [3.05, 3.63) is 0 Å². The van der Waals surface area contributed by atoms with Crippen LogP contribution in [-0.2, 0) is 13.6 Å². The van der Waals surface area contributed by atoms with Gasteiger partial charge in [0.05, 0.1) is 0 Å². The second-order valence-corrected chi connectivity index (χ2v) is 9.94. The van der Waals surface area contributed by atoms with Crippen molar-refractivity contribution in [3.63, 3.8) is 0 Å². The van der Waals surface area contributed by atoms with Crippen LogP contribution in [0.1, 0.15) is 72.1 Å². The maximum atomic E-state index is 11.3. The van der Waals surface area contributed by atoms with E-state index in [0.717, 1.165) is 69.7 Å². The SMILES string of the molecule is CCCO[Si](CC)(CCCC1CCC(=O)CC1)OCCC. The van der Waals surface area contributed by atoms with Gasteiger partial charge in [-0.05, 0) is 43.7 Å². The van der Waals surface area contributed by atoms with Crippen LogP contribution in [-0.4, -0.2) is 27.6 Å². The van der Waals surface area contributed by atoms with E-state index in [9.17, 15) is 4.79 Å². The molecule has 4 heteroatoms. The second-order valence-electron chi connectivity index (χ2n) is 6.34. The highest BCUT2D eigenvalue weighted by Gasteiger charge is 2.35. The molecule has 1 saturated carbocycles. The Morgan fingerprint density at radius 3 is 2.10 bits per heavy atom. The third-order valence-electron chi connectivity index (χ3n) is 4.51. The summed E-state index contributed by atoms with van der Waals surface area (Å²) in [4.78, 5) is 11.3. The lowest BCUT2D eigenvalue weighted by Gasteiger charge is -2.30. The summed E-state index contributed by atoms with van der Waals surface area (Å²) >= 11 is 0. The van der Waals surface area contributed by atoms with Crippen molar-refractivity contribution < 1.29 is 13.6 Å². The van der Waals surface area contributed by atoms with Gasteiger partial charge in [0.25, 0.3) is 0 Å². The summed E-state index contributed by atoms with van der Waals surface area (Å²) in [6, 6.07) is 2.17. The molecule has 21 heavy (non-hydrogen) atoms. The van der Waals surface area contributed by atoms with E-state index in [4.69, 9.17) is 8.85 Å². The van der Waals surface area contributed by atoms with Gasteiger partial charge in [0.15, 0.2) is 0 Å². The predicted octanol–water partition coefficient (Wildman–Crippen LogP) is 4.84. The Labute approximate surface area is 132 Å². The molecule has 1 aliphatic rings. The number of rotatable bonds is 11. The van der Waals surface area contributed by atoms with Crippen LogP contribution >= 0.6 is 0 Å². The molecule has 124 valence electrons. The molecule has 1 fully saturated rings. The smallest absolute Gasteiger partial charge is 0.337 e. The van der Waals surface area contributed by atoms with Crippen LogP contribution in [0.2, 0.25) is 12.1 Å². The normalized spacial score (nSPS) is 17.4. The van der Waals surface area contributed by atoms with Gasteiger partial charge in [0.2, 0.25) is 0 Å². The molecule has 0 unspecified atom stereocenters. The highest BCUT2D eigenvalue weighted by atomic mass is 28.4. The average Bonchev–Trinajstić information content (AvgIpc) is 2.51. The number of hydrogen-bond acceptors (Lipinski definition) is 3. The first-order valence-corrected chi connectivity index (χ1v) is 11.2. The zero-order valence-electron chi connectivity index (χ0n) is 14.3. The van der Waals surface area contributed by atoms with Crippen LogP contribution < -0.4 is 0 Å². The van der Waals surface area contributed by atoms with E-state index in [2.05, 4.69) is 20.8 Å². The van der Waals surface area contributed by atoms with Crippen molar-refractivity contribution in [2.45, 2.75) is 84.2 Å². The van der Waals surface area contributed by atoms with Gasteiger partial charge < -0.3 is 8.85 Å². The lowest BCUT2D eigenvalue weighted by atomic mass is 9.86. The first-order chi connectivity index (χ1) is 10.2. The van der Waals surface area contributed by atoms with E-state index in [-0.39, 0.29) is 0 Å². The summed E-state index contributed by atoms with van der Waals surface area (Å²) in [6.07, 6.45) is 8.39. The molecule has 0 aliphatic heterocycles. The van der Waals surface area contributed by atoms with E-state index >= 15 is 0 Å². The van der Waals surface area contributed by atoms with Crippen LogP contribution in [0.5, 0.6) is 0 Å². The molecule has 1 rings (SSSR count). The molecule has 0 bridgehead atoms. The van der Waals surface area contributed by atoms with Gasteiger partial charge in [0, 0.05) is 26.1 Å². The van der Waals surface area contributed by atoms with Gasteiger partial charge >= 0.3 is 8.56 Å². The van der Waals surface area contributed by atoms with Gasteiger partial charge in [-0.3, -0.25) is 4.79 Å². The Hall–Kier alpha value is -0.193. The molecule has 1 aliphatic carbocycles. The average molecular weight is 315 g/mol. The van der Waals surface area contributed by atoms with Crippen molar-refractivity contribution >= 4 is 14.3 Å². The lowest BCUT2D eigenvalue weighted by molar-refractivity contribution is -0.121. The van der Waals surface area contributed by atoms with E-state index in [1.165, 1.54) is 12.8 Å². The third kappa shape index (κ3) is 7.07. The fraction of sp³-hybridized carbons (Fsp3) is 0.941. The van der Waals surface area contributed by atoms with Crippen molar-refractivity contribution in [1.29, 1.82) is 0 Å². The van der Waals surface area contributed by atoms with Gasteiger partial charge in [-0.1, -0.05) is 33.6 Å². The topological polar surface area (TPSA) is 35.5 Å². The second kappa shape index (κ2) is 10.5. The summed E-state index contributed by atoms with van der Waals surface area (Å²) in [7, 11) is -1.98. The number of ketones is 1. The Bertz CT molecular complexity index is 276. The predicted molar refractivity (Wildman–Crippen MR) is 89.7 cm³/mol. The number of hydrogen-bond donors (Lipinski definition) is 0. The molecular formula is C17H34O3Si. The Morgan fingerprint density at radius 1 is 1.05 bits per heavy atom. The zero-order valence-corrected chi connectivity index (χ0v) is 15.3. The number of carbonyl (C=O) groups is 1. The van der Waals surface area contributed by atoms with Crippen molar-refractivity contribution in [2.75, 3.05) is 13.2 Å². The molecule has 0 spiro atoms. The molecule has 0 aromatic heterocycles. The third-order valence-corrected chi connectivity index (χ3v) is 8.16. The maximum absolute atomic E-state index is 11.3. The summed E-state index contributed by atoms with van der Waals surface area (Å²) < 4.78 is 12.4.